The van der Waals surface area contributed by atoms with Gasteiger partial charge in [0.15, 0.2) is 0 Å². The van der Waals surface area contributed by atoms with Gasteiger partial charge >= 0.3 is 0 Å². The summed E-state index contributed by atoms with van der Waals surface area (Å²) in [7, 11) is 0. The summed E-state index contributed by atoms with van der Waals surface area (Å²) in [5.74, 6) is -0.212. The number of carbonyl (C=O) groups is 1. The summed E-state index contributed by atoms with van der Waals surface area (Å²) in [6.07, 6.45) is 5.38. The third kappa shape index (κ3) is 2.57. The Balaban J connectivity index is 1.81. The number of aliphatic hydroxyl groups excluding tert-OH is 1. The zero-order chi connectivity index (χ0) is 15.0. The molecular formula is C15H22FN3O2. The number of carbonyl (C=O) groups excluding carboxylic acids is 1. The number of alkyl halides is 1. The van der Waals surface area contributed by atoms with Crippen LogP contribution in [0.1, 0.15) is 54.2 Å². The fourth-order valence-corrected chi connectivity index (χ4v) is 3.59. The van der Waals surface area contributed by atoms with Crippen LogP contribution in [0.3, 0.4) is 0 Å². The molecule has 0 radical (unpaired) electrons. The number of nitrogens with zero attached hydrogens (tertiary/aromatic N) is 3. The topological polar surface area (TPSA) is 58.4 Å². The Labute approximate surface area is 123 Å². The molecule has 0 unspecified atom stereocenters. The molecule has 1 aromatic heterocycles. The molecular weight excluding hydrogens is 273 g/mol. The number of rotatable bonds is 3. The van der Waals surface area contributed by atoms with E-state index in [1.165, 1.54) is 17.7 Å². The lowest BCUT2D eigenvalue weighted by molar-refractivity contribution is 0.0672. The van der Waals surface area contributed by atoms with Crippen molar-refractivity contribution in [3.63, 3.8) is 0 Å². The number of aromatic nitrogens is 2. The Morgan fingerprint density at radius 3 is 2.86 bits per heavy atom. The summed E-state index contributed by atoms with van der Waals surface area (Å²) in [6.45, 7) is 1.77. The molecule has 0 aromatic carbocycles. The second-order valence-electron chi connectivity index (χ2n) is 6.15. The van der Waals surface area contributed by atoms with E-state index in [0.717, 1.165) is 18.5 Å². The predicted molar refractivity (Wildman–Crippen MR) is 75.9 cm³/mol. The molecule has 0 spiro atoms. The van der Waals surface area contributed by atoms with E-state index in [1.807, 2.05) is 11.6 Å². The largest absolute Gasteiger partial charge is 0.394 e. The average molecular weight is 295 g/mol. The van der Waals surface area contributed by atoms with Crippen LogP contribution < -0.4 is 0 Å². The van der Waals surface area contributed by atoms with Crippen LogP contribution in [-0.4, -0.2) is 51.1 Å². The number of hydrogen-bond donors (Lipinski definition) is 1. The van der Waals surface area contributed by atoms with Gasteiger partial charge in [0.05, 0.1) is 37.0 Å². The van der Waals surface area contributed by atoms with Crippen LogP contribution in [0, 0.1) is 6.92 Å². The van der Waals surface area contributed by atoms with Crippen molar-refractivity contribution in [3.8, 4) is 0 Å². The van der Waals surface area contributed by atoms with Crippen molar-refractivity contribution in [2.75, 3.05) is 13.2 Å². The highest BCUT2D eigenvalue weighted by molar-refractivity contribution is 5.95. The second-order valence-corrected chi connectivity index (χ2v) is 6.15. The van der Waals surface area contributed by atoms with Crippen LogP contribution in [0.4, 0.5) is 4.39 Å². The minimum absolute atomic E-state index is 0.0676. The lowest BCUT2D eigenvalue weighted by atomic mass is 10.2. The Bertz CT molecular complexity index is 525. The van der Waals surface area contributed by atoms with E-state index in [-0.39, 0.29) is 25.5 Å². The minimum atomic E-state index is -1.05. The normalized spacial score (nSPS) is 26.7. The summed E-state index contributed by atoms with van der Waals surface area (Å²) in [5, 5.41) is 13.7. The second kappa shape index (κ2) is 5.75. The quantitative estimate of drug-likeness (QED) is 0.926. The molecule has 1 saturated carbocycles. The number of hydrogen-bond acceptors (Lipinski definition) is 3. The maximum Gasteiger partial charge on any atom is 0.257 e. The molecule has 5 nitrogen and oxygen atoms in total. The molecule has 116 valence electrons. The first kappa shape index (κ1) is 14.5. The average Bonchev–Trinajstić information content (AvgIpc) is 3.17. The van der Waals surface area contributed by atoms with Crippen LogP contribution in [0.25, 0.3) is 0 Å². The SMILES string of the molecule is Cc1c(C(=O)N2C[C@@H](F)C[C@H]2CO)cnn1C1CCCC1. The minimum Gasteiger partial charge on any atom is -0.394 e. The fourth-order valence-electron chi connectivity index (χ4n) is 3.59. The van der Waals surface area contributed by atoms with Crippen LogP contribution in [0.15, 0.2) is 6.20 Å². The molecule has 3 rings (SSSR count). The van der Waals surface area contributed by atoms with Crippen molar-refractivity contribution in [2.45, 2.75) is 57.3 Å². The van der Waals surface area contributed by atoms with E-state index in [2.05, 4.69) is 5.10 Å². The summed E-state index contributed by atoms with van der Waals surface area (Å²) >= 11 is 0. The van der Waals surface area contributed by atoms with E-state index in [4.69, 9.17) is 0 Å². The van der Waals surface area contributed by atoms with E-state index in [1.54, 1.807) is 6.20 Å². The van der Waals surface area contributed by atoms with Crippen LogP contribution in [-0.2, 0) is 0 Å². The van der Waals surface area contributed by atoms with E-state index in [9.17, 15) is 14.3 Å². The summed E-state index contributed by atoms with van der Waals surface area (Å²) in [6, 6.07) is -0.0329. The molecule has 1 saturated heterocycles. The van der Waals surface area contributed by atoms with Crippen molar-refractivity contribution in [1.29, 1.82) is 0 Å². The lowest BCUT2D eigenvalue weighted by Crippen LogP contribution is -2.38. The standard InChI is InChI=1S/C15H22FN3O2/c1-10-14(7-17-19(10)12-4-2-3-5-12)15(21)18-8-11(16)6-13(18)9-20/h7,11-13,20H,2-6,8-9H2,1H3/t11-,13-/m0/s1. The molecule has 1 amide bonds. The monoisotopic (exact) mass is 295 g/mol. The van der Waals surface area contributed by atoms with Crippen LogP contribution >= 0.6 is 0 Å². The van der Waals surface area contributed by atoms with Crippen molar-refractivity contribution in [3.05, 3.63) is 17.5 Å². The zero-order valence-electron chi connectivity index (χ0n) is 12.3. The maximum absolute atomic E-state index is 13.5. The van der Waals surface area contributed by atoms with E-state index in [0.29, 0.717) is 11.6 Å². The highest BCUT2D eigenvalue weighted by Crippen LogP contribution is 2.31. The van der Waals surface area contributed by atoms with Gasteiger partial charge in [0.2, 0.25) is 0 Å². The van der Waals surface area contributed by atoms with Crippen LogP contribution in [0.5, 0.6) is 0 Å². The molecule has 2 atom stereocenters. The number of amides is 1. The highest BCUT2D eigenvalue weighted by atomic mass is 19.1. The van der Waals surface area contributed by atoms with Gasteiger partial charge in [-0.3, -0.25) is 9.48 Å². The van der Waals surface area contributed by atoms with Gasteiger partial charge in [-0.2, -0.15) is 5.10 Å². The smallest absolute Gasteiger partial charge is 0.257 e. The summed E-state index contributed by atoms with van der Waals surface area (Å²) in [4.78, 5) is 14.1. The molecule has 2 aliphatic rings. The summed E-state index contributed by atoms with van der Waals surface area (Å²) in [5.41, 5.74) is 1.39. The number of likely N-dealkylation sites (tertiary alicyclic amines) is 1. The molecule has 1 aliphatic carbocycles. The molecule has 1 aliphatic heterocycles. The molecule has 21 heavy (non-hydrogen) atoms. The predicted octanol–water partition coefficient (Wildman–Crippen LogP) is 1.85. The maximum atomic E-state index is 13.5. The van der Waals surface area contributed by atoms with Gasteiger partial charge in [-0.15, -0.1) is 0 Å². The van der Waals surface area contributed by atoms with Gasteiger partial charge < -0.3 is 10.0 Å². The first-order valence-electron chi connectivity index (χ1n) is 7.71. The van der Waals surface area contributed by atoms with Gasteiger partial charge in [0.1, 0.15) is 6.17 Å². The Kier molecular flexibility index (Phi) is 3.97. The van der Waals surface area contributed by atoms with Gasteiger partial charge in [0.25, 0.3) is 5.91 Å². The lowest BCUT2D eigenvalue weighted by Gasteiger charge is -2.22. The molecule has 6 heteroatoms. The molecule has 1 N–H and O–H groups in total. The highest BCUT2D eigenvalue weighted by Gasteiger charge is 2.36. The van der Waals surface area contributed by atoms with Crippen molar-refractivity contribution in [2.24, 2.45) is 0 Å². The molecule has 1 aromatic rings. The number of aliphatic hydroxyl groups is 1. The third-order valence-corrected chi connectivity index (χ3v) is 4.78. The first-order valence-corrected chi connectivity index (χ1v) is 7.71. The zero-order valence-corrected chi connectivity index (χ0v) is 12.3. The van der Waals surface area contributed by atoms with E-state index < -0.39 is 12.2 Å². The summed E-state index contributed by atoms with van der Waals surface area (Å²) < 4.78 is 15.5. The van der Waals surface area contributed by atoms with Crippen molar-refractivity contribution >= 4 is 5.91 Å². The molecule has 0 bridgehead atoms. The van der Waals surface area contributed by atoms with Crippen molar-refractivity contribution < 1.29 is 14.3 Å². The first-order chi connectivity index (χ1) is 10.1. The van der Waals surface area contributed by atoms with Crippen LogP contribution in [0.2, 0.25) is 0 Å². The molecule has 2 fully saturated rings. The Morgan fingerprint density at radius 1 is 1.48 bits per heavy atom. The van der Waals surface area contributed by atoms with Gasteiger partial charge in [0, 0.05) is 12.1 Å². The fraction of sp³-hybridized carbons (Fsp3) is 0.733. The van der Waals surface area contributed by atoms with Gasteiger partial charge in [-0.1, -0.05) is 12.8 Å². The Morgan fingerprint density at radius 2 is 2.19 bits per heavy atom. The van der Waals surface area contributed by atoms with E-state index >= 15 is 0 Å². The van der Waals surface area contributed by atoms with Gasteiger partial charge in [-0.25, -0.2) is 4.39 Å². The Hall–Kier alpha value is -1.43. The van der Waals surface area contributed by atoms with Crippen molar-refractivity contribution in [1.82, 2.24) is 14.7 Å². The number of halogens is 1. The van der Waals surface area contributed by atoms with Gasteiger partial charge in [-0.05, 0) is 19.8 Å². The third-order valence-electron chi connectivity index (χ3n) is 4.78. The molecule has 2 heterocycles.